The zero-order chi connectivity index (χ0) is 16.2. The fourth-order valence-corrected chi connectivity index (χ4v) is 3.74. The van der Waals surface area contributed by atoms with Gasteiger partial charge >= 0.3 is 0 Å². The van der Waals surface area contributed by atoms with Gasteiger partial charge in [-0.1, -0.05) is 30.3 Å². The summed E-state index contributed by atoms with van der Waals surface area (Å²) >= 11 is 2.07. The predicted octanol–water partition coefficient (Wildman–Crippen LogP) is 3.66. The van der Waals surface area contributed by atoms with Gasteiger partial charge in [-0.2, -0.15) is 11.8 Å². The molecule has 136 valence electrons. The van der Waals surface area contributed by atoms with Crippen molar-refractivity contribution in [2.24, 2.45) is 4.99 Å². The van der Waals surface area contributed by atoms with Crippen LogP contribution in [0.5, 0.6) is 0 Å². The molecule has 2 rings (SSSR count). The van der Waals surface area contributed by atoms with Crippen molar-refractivity contribution in [3.8, 4) is 0 Å². The van der Waals surface area contributed by atoms with Gasteiger partial charge in [0.2, 0.25) is 0 Å². The Morgan fingerprint density at radius 2 is 2.08 bits per heavy atom. The van der Waals surface area contributed by atoms with Crippen LogP contribution in [0.3, 0.4) is 0 Å². The second-order valence-corrected chi connectivity index (χ2v) is 7.17. The maximum atomic E-state index is 5.69. The van der Waals surface area contributed by atoms with Gasteiger partial charge in [0.25, 0.3) is 0 Å². The maximum Gasteiger partial charge on any atom is 0.191 e. The fourth-order valence-electron chi connectivity index (χ4n) is 2.54. The van der Waals surface area contributed by atoms with E-state index in [1.165, 1.54) is 24.2 Å². The SMILES string of the molecule is CN=C(NCCCCOCc1ccccc1)NCC1CCCS1.I. The topological polar surface area (TPSA) is 45.7 Å². The van der Waals surface area contributed by atoms with Gasteiger partial charge in [0.1, 0.15) is 0 Å². The van der Waals surface area contributed by atoms with Crippen molar-refractivity contribution in [1.82, 2.24) is 10.6 Å². The third-order valence-electron chi connectivity index (χ3n) is 3.86. The highest BCUT2D eigenvalue weighted by Gasteiger charge is 2.15. The minimum absolute atomic E-state index is 0. The number of aliphatic imine (C=N–C) groups is 1. The lowest BCUT2D eigenvalue weighted by atomic mass is 10.2. The molecule has 0 aliphatic carbocycles. The number of guanidine groups is 1. The Morgan fingerprint density at radius 1 is 1.25 bits per heavy atom. The quantitative estimate of drug-likeness (QED) is 0.254. The highest BCUT2D eigenvalue weighted by atomic mass is 127. The molecule has 0 radical (unpaired) electrons. The minimum atomic E-state index is 0. The molecular weight excluding hydrogens is 433 g/mol. The number of thioether (sulfide) groups is 1. The Hall–Kier alpha value is -0.470. The Morgan fingerprint density at radius 3 is 2.79 bits per heavy atom. The van der Waals surface area contributed by atoms with Crippen molar-refractivity contribution in [3.05, 3.63) is 35.9 Å². The lowest BCUT2D eigenvalue weighted by Gasteiger charge is -2.14. The summed E-state index contributed by atoms with van der Waals surface area (Å²) in [6.07, 6.45) is 4.84. The largest absolute Gasteiger partial charge is 0.377 e. The van der Waals surface area contributed by atoms with Gasteiger partial charge in [0.05, 0.1) is 6.61 Å². The van der Waals surface area contributed by atoms with Crippen LogP contribution < -0.4 is 10.6 Å². The smallest absolute Gasteiger partial charge is 0.191 e. The first-order valence-corrected chi connectivity index (χ1v) is 9.61. The standard InChI is InChI=1S/C18H29N3OS.HI/c1-19-18(21-14-17-10-7-13-23-17)20-11-5-6-12-22-15-16-8-3-2-4-9-16;/h2-4,8-9,17H,5-7,10-15H2,1H3,(H2,19,20,21);1H. The normalized spacial score (nSPS) is 17.4. The van der Waals surface area contributed by atoms with Crippen molar-refractivity contribution >= 4 is 41.7 Å². The molecule has 0 spiro atoms. The van der Waals surface area contributed by atoms with Crippen LogP contribution in [-0.2, 0) is 11.3 Å². The van der Waals surface area contributed by atoms with Gasteiger partial charge in [0.15, 0.2) is 5.96 Å². The van der Waals surface area contributed by atoms with Crippen molar-refractivity contribution in [2.45, 2.75) is 37.5 Å². The third-order valence-corrected chi connectivity index (χ3v) is 5.26. The first-order chi connectivity index (χ1) is 11.4. The number of benzene rings is 1. The zero-order valence-corrected chi connectivity index (χ0v) is 17.6. The second-order valence-electron chi connectivity index (χ2n) is 5.76. The molecule has 2 N–H and O–H groups in total. The van der Waals surface area contributed by atoms with Crippen LogP contribution in [0.1, 0.15) is 31.2 Å². The number of halogens is 1. The van der Waals surface area contributed by atoms with Gasteiger partial charge in [-0.15, -0.1) is 24.0 Å². The molecule has 1 aliphatic heterocycles. The van der Waals surface area contributed by atoms with E-state index in [1.807, 2.05) is 25.2 Å². The van der Waals surface area contributed by atoms with Crippen LogP contribution >= 0.6 is 35.7 Å². The number of nitrogens with zero attached hydrogens (tertiary/aromatic N) is 1. The maximum absolute atomic E-state index is 5.69. The molecule has 1 fully saturated rings. The summed E-state index contributed by atoms with van der Waals surface area (Å²) in [5.41, 5.74) is 1.24. The molecule has 1 atom stereocenters. The van der Waals surface area contributed by atoms with Crippen molar-refractivity contribution in [2.75, 3.05) is 32.5 Å². The van der Waals surface area contributed by atoms with Crippen LogP contribution in [0.4, 0.5) is 0 Å². The molecule has 24 heavy (non-hydrogen) atoms. The summed E-state index contributed by atoms with van der Waals surface area (Å²) < 4.78 is 5.69. The van der Waals surface area contributed by atoms with E-state index in [4.69, 9.17) is 4.74 Å². The molecule has 6 heteroatoms. The van der Waals surface area contributed by atoms with Crippen LogP contribution in [0.25, 0.3) is 0 Å². The van der Waals surface area contributed by atoms with Crippen molar-refractivity contribution in [1.29, 1.82) is 0 Å². The Balaban J connectivity index is 0.00000288. The number of hydrogen-bond donors (Lipinski definition) is 2. The molecule has 1 saturated heterocycles. The van der Waals surface area contributed by atoms with E-state index in [0.717, 1.165) is 43.7 Å². The summed E-state index contributed by atoms with van der Waals surface area (Å²) in [6, 6.07) is 10.3. The van der Waals surface area contributed by atoms with Gasteiger partial charge in [0, 0.05) is 32.0 Å². The van der Waals surface area contributed by atoms with E-state index in [1.54, 1.807) is 0 Å². The average molecular weight is 463 g/mol. The molecule has 0 amide bonds. The van der Waals surface area contributed by atoms with E-state index >= 15 is 0 Å². The first-order valence-electron chi connectivity index (χ1n) is 8.56. The molecule has 0 saturated carbocycles. The zero-order valence-electron chi connectivity index (χ0n) is 14.5. The molecular formula is C18H30IN3OS. The van der Waals surface area contributed by atoms with Gasteiger partial charge in [-0.3, -0.25) is 4.99 Å². The molecule has 1 aliphatic rings. The highest BCUT2D eigenvalue weighted by Crippen LogP contribution is 2.25. The van der Waals surface area contributed by atoms with E-state index in [0.29, 0.717) is 6.61 Å². The van der Waals surface area contributed by atoms with Crippen LogP contribution in [0.2, 0.25) is 0 Å². The molecule has 0 aromatic heterocycles. The van der Waals surface area contributed by atoms with E-state index in [2.05, 4.69) is 39.5 Å². The molecule has 1 aromatic rings. The minimum Gasteiger partial charge on any atom is -0.377 e. The first kappa shape index (κ1) is 21.6. The summed E-state index contributed by atoms with van der Waals surface area (Å²) in [7, 11) is 1.83. The Kier molecular flexibility index (Phi) is 12.4. The van der Waals surface area contributed by atoms with Crippen LogP contribution in [0, 0.1) is 0 Å². The van der Waals surface area contributed by atoms with E-state index in [-0.39, 0.29) is 24.0 Å². The molecule has 1 heterocycles. The molecule has 4 nitrogen and oxygen atoms in total. The van der Waals surface area contributed by atoms with Gasteiger partial charge in [-0.25, -0.2) is 0 Å². The third kappa shape index (κ3) is 9.13. The van der Waals surface area contributed by atoms with Crippen molar-refractivity contribution < 1.29 is 4.74 Å². The number of unbranched alkanes of at least 4 members (excludes halogenated alkanes) is 1. The summed E-state index contributed by atoms with van der Waals surface area (Å²) in [6.45, 7) is 3.47. The number of nitrogens with one attached hydrogen (secondary N) is 2. The number of rotatable bonds is 9. The van der Waals surface area contributed by atoms with Gasteiger partial charge in [-0.05, 0) is 37.0 Å². The van der Waals surface area contributed by atoms with Crippen LogP contribution in [-0.4, -0.2) is 43.7 Å². The number of hydrogen-bond acceptors (Lipinski definition) is 3. The van der Waals surface area contributed by atoms with E-state index in [9.17, 15) is 0 Å². The lowest BCUT2D eigenvalue weighted by molar-refractivity contribution is 0.117. The number of ether oxygens (including phenoxy) is 1. The highest BCUT2D eigenvalue weighted by molar-refractivity contribution is 14.0. The van der Waals surface area contributed by atoms with Crippen LogP contribution in [0.15, 0.2) is 35.3 Å². The summed E-state index contributed by atoms with van der Waals surface area (Å²) in [4.78, 5) is 4.28. The Bertz CT molecular complexity index is 453. The van der Waals surface area contributed by atoms with Gasteiger partial charge < -0.3 is 15.4 Å². The fraction of sp³-hybridized carbons (Fsp3) is 0.611. The lowest BCUT2D eigenvalue weighted by Crippen LogP contribution is -2.40. The molecule has 1 aromatic carbocycles. The van der Waals surface area contributed by atoms with Crippen molar-refractivity contribution in [3.63, 3.8) is 0 Å². The molecule has 1 unspecified atom stereocenters. The second kappa shape index (κ2) is 13.8. The molecule has 0 bridgehead atoms. The predicted molar refractivity (Wildman–Crippen MR) is 116 cm³/mol. The monoisotopic (exact) mass is 463 g/mol. The summed E-state index contributed by atoms with van der Waals surface area (Å²) in [5.74, 6) is 2.23. The van der Waals surface area contributed by atoms with E-state index < -0.39 is 0 Å². The summed E-state index contributed by atoms with van der Waals surface area (Å²) in [5, 5.41) is 7.55. The Labute approximate surface area is 167 Å². The average Bonchev–Trinajstić information content (AvgIpc) is 3.11.